The first-order valence-corrected chi connectivity index (χ1v) is 11.8. The molecule has 180 valence electrons. The fraction of sp³-hybridized carbons (Fsp3) is 0.174. The number of carbonyl (C=O) groups is 1. The molecule has 3 aromatic carbocycles. The highest BCUT2D eigenvalue weighted by Crippen LogP contribution is 2.38. The molecular weight excluding hydrogens is 493 g/mol. The fourth-order valence-corrected chi connectivity index (χ4v) is 4.71. The number of ether oxygens (including phenoxy) is 1. The molecule has 6 nitrogen and oxygen atoms in total. The van der Waals surface area contributed by atoms with Crippen LogP contribution in [0.1, 0.15) is 12.5 Å². The number of rotatable bonds is 8. The van der Waals surface area contributed by atoms with Crippen LogP contribution in [-0.2, 0) is 21.0 Å². The smallest absolute Gasteiger partial charge is 0.417 e. The Balaban J connectivity index is 1.97. The Kier molecular flexibility index (Phi) is 7.73. The Labute approximate surface area is 200 Å². The summed E-state index contributed by atoms with van der Waals surface area (Å²) in [6.07, 6.45) is -4.82. The summed E-state index contributed by atoms with van der Waals surface area (Å²) in [6, 6.07) is 16.1. The van der Waals surface area contributed by atoms with Gasteiger partial charge in [-0.25, -0.2) is 8.42 Å². The summed E-state index contributed by atoms with van der Waals surface area (Å²) in [5.74, 6) is -0.179. The molecule has 0 heterocycles. The minimum Gasteiger partial charge on any atom is -0.494 e. The van der Waals surface area contributed by atoms with Gasteiger partial charge in [-0.15, -0.1) is 0 Å². The van der Waals surface area contributed by atoms with E-state index in [9.17, 15) is 26.4 Å². The lowest BCUT2D eigenvalue weighted by molar-refractivity contribution is -0.137. The molecule has 3 rings (SSSR count). The van der Waals surface area contributed by atoms with E-state index in [1.807, 2.05) is 6.92 Å². The summed E-state index contributed by atoms with van der Waals surface area (Å²) < 4.78 is 72.8. The van der Waals surface area contributed by atoms with Gasteiger partial charge in [0.05, 0.1) is 27.8 Å². The number of hydrogen-bond acceptors (Lipinski definition) is 4. The molecule has 3 aromatic rings. The number of halogens is 4. The van der Waals surface area contributed by atoms with E-state index in [4.69, 9.17) is 16.3 Å². The van der Waals surface area contributed by atoms with E-state index in [-0.39, 0.29) is 10.6 Å². The van der Waals surface area contributed by atoms with Crippen molar-refractivity contribution in [2.75, 3.05) is 22.8 Å². The molecule has 0 aliphatic rings. The molecule has 34 heavy (non-hydrogen) atoms. The van der Waals surface area contributed by atoms with E-state index in [2.05, 4.69) is 5.32 Å². The van der Waals surface area contributed by atoms with Gasteiger partial charge in [0.15, 0.2) is 0 Å². The van der Waals surface area contributed by atoms with E-state index in [1.54, 1.807) is 30.3 Å². The second-order valence-electron chi connectivity index (χ2n) is 6.99. The third kappa shape index (κ3) is 6.00. The Morgan fingerprint density at radius 3 is 2.26 bits per heavy atom. The van der Waals surface area contributed by atoms with Crippen LogP contribution in [0.2, 0.25) is 5.02 Å². The van der Waals surface area contributed by atoms with Gasteiger partial charge in [-0.2, -0.15) is 13.2 Å². The van der Waals surface area contributed by atoms with Gasteiger partial charge in [0, 0.05) is 5.69 Å². The zero-order chi connectivity index (χ0) is 24.9. The molecule has 0 aliphatic heterocycles. The van der Waals surface area contributed by atoms with Gasteiger partial charge in [-0.3, -0.25) is 9.10 Å². The van der Waals surface area contributed by atoms with Crippen molar-refractivity contribution in [3.8, 4) is 5.75 Å². The number of nitrogens with zero attached hydrogens (tertiary/aromatic N) is 1. The van der Waals surface area contributed by atoms with Crippen molar-refractivity contribution >= 4 is 38.9 Å². The largest absolute Gasteiger partial charge is 0.494 e. The topological polar surface area (TPSA) is 75.7 Å². The molecule has 0 spiro atoms. The van der Waals surface area contributed by atoms with Gasteiger partial charge in [0.25, 0.3) is 10.0 Å². The Bertz CT molecular complexity index is 1250. The molecule has 1 N–H and O–H groups in total. The number of amides is 1. The highest BCUT2D eigenvalue weighted by atomic mass is 35.5. The van der Waals surface area contributed by atoms with Crippen molar-refractivity contribution in [2.24, 2.45) is 0 Å². The van der Waals surface area contributed by atoms with E-state index in [1.165, 1.54) is 24.3 Å². The van der Waals surface area contributed by atoms with Crippen LogP contribution < -0.4 is 14.4 Å². The van der Waals surface area contributed by atoms with Crippen LogP contribution in [0.15, 0.2) is 77.7 Å². The third-order valence-corrected chi connectivity index (χ3v) is 6.73. The molecule has 0 aliphatic carbocycles. The van der Waals surface area contributed by atoms with Crippen molar-refractivity contribution in [2.45, 2.75) is 18.0 Å². The molecule has 0 bridgehead atoms. The summed E-state index contributed by atoms with van der Waals surface area (Å²) in [4.78, 5) is 12.5. The molecule has 11 heteroatoms. The van der Waals surface area contributed by atoms with Crippen molar-refractivity contribution in [3.05, 3.63) is 83.4 Å². The minimum atomic E-state index is -4.82. The quantitative estimate of drug-likeness (QED) is 0.427. The van der Waals surface area contributed by atoms with Crippen molar-refractivity contribution in [1.82, 2.24) is 0 Å². The zero-order valence-corrected chi connectivity index (χ0v) is 19.4. The first kappa shape index (κ1) is 25.4. The van der Waals surface area contributed by atoms with Gasteiger partial charge in [0.2, 0.25) is 5.91 Å². The summed E-state index contributed by atoms with van der Waals surface area (Å²) in [5, 5.41) is 1.95. The Morgan fingerprint density at radius 1 is 1.03 bits per heavy atom. The molecule has 0 unspecified atom stereocenters. The average Bonchev–Trinajstić information content (AvgIpc) is 2.79. The predicted molar refractivity (Wildman–Crippen MR) is 124 cm³/mol. The summed E-state index contributed by atoms with van der Waals surface area (Å²) >= 11 is 5.69. The summed E-state index contributed by atoms with van der Waals surface area (Å²) in [5.41, 5.74) is -1.22. The highest BCUT2D eigenvalue weighted by molar-refractivity contribution is 7.92. The Morgan fingerprint density at radius 2 is 1.68 bits per heavy atom. The number of nitrogens with one attached hydrogen (secondary N) is 1. The number of benzene rings is 3. The molecule has 0 aromatic heterocycles. The first-order valence-electron chi connectivity index (χ1n) is 9.99. The van der Waals surface area contributed by atoms with Crippen LogP contribution in [0.3, 0.4) is 0 Å². The maximum absolute atomic E-state index is 13.4. The zero-order valence-electron chi connectivity index (χ0n) is 17.8. The normalized spacial score (nSPS) is 11.7. The van der Waals surface area contributed by atoms with Gasteiger partial charge in [0.1, 0.15) is 12.3 Å². The van der Waals surface area contributed by atoms with Crippen LogP contribution in [0.5, 0.6) is 5.75 Å². The monoisotopic (exact) mass is 512 g/mol. The minimum absolute atomic E-state index is 0.188. The SMILES string of the molecule is CCOc1ccc(NC(=O)CN(c2ccc(Cl)c(C(F)(F)F)c2)S(=O)(=O)c2ccccc2)cc1. The second-order valence-corrected chi connectivity index (χ2v) is 9.26. The number of hydrogen-bond donors (Lipinski definition) is 1. The summed E-state index contributed by atoms with van der Waals surface area (Å²) in [7, 11) is -4.39. The molecule has 0 atom stereocenters. The lowest BCUT2D eigenvalue weighted by Crippen LogP contribution is -2.38. The molecule has 1 amide bonds. The fourth-order valence-electron chi connectivity index (χ4n) is 3.05. The van der Waals surface area contributed by atoms with Gasteiger partial charge in [-0.05, 0) is 61.5 Å². The van der Waals surface area contributed by atoms with Gasteiger partial charge < -0.3 is 10.1 Å². The summed E-state index contributed by atoms with van der Waals surface area (Å²) in [6.45, 7) is 1.50. The molecule has 0 fully saturated rings. The maximum atomic E-state index is 13.4. The van der Waals surface area contributed by atoms with Crippen molar-refractivity contribution in [1.29, 1.82) is 0 Å². The molecule has 0 saturated carbocycles. The van der Waals surface area contributed by atoms with Crippen LogP contribution in [0.4, 0.5) is 24.5 Å². The van der Waals surface area contributed by atoms with Crippen LogP contribution in [0, 0.1) is 0 Å². The highest BCUT2D eigenvalue weighted by Gasteiger charge is 2.35. The number of carbonyl (C=O) groups excluding carboxylic acids is 1. The third-order valence-electron chi connectivity index (χ3n) is 4.61. The number of anilines is 2. The first-order chi connectivity index (χ1) is 16.0. The van der Waals surface area contributed by atoms with E-state index < -0.39 is 39.2 Å². The average molecular weight is 513 g/mol. The Hall–Kier alpha value is -3.24. The standard InChI is InChI=1S/C23H20ClF3N2O4S/c1-2-33-18-11-8-16(9-12-18)28-22(30)15-29(34(31,32)19-6-4-3-5-7-19)17-10-13-21(24)20(14-17)23(25,26)27/h3-14H,2,15H2,1H3,(H,28,30). The molecule has 0 radical (unpaired) electrons. The van der Waals surface area contributed by atoms with Gasteiger partial charge >= 0.3 is 6.18 Å². The lowest BCUT2D eigenvalue weighted by Gasteiger charge is -2.25. The van der Waals surface area contributed by atoms with Crippen LogP contribution in [-0.4, -0.2) is 27.5 Å². The van der Waals surface area contributed by atoms with Crippen molar-refractivity contribution < 1.29 is 31.1 Å². The van der Waals surface area contributed by atoms with E-state index >= 15 is 0 Å². The van der Waals surface area contributed by atoms with Crippen LogP contribution in [0.25, 0.3) is 0 Å². The van der Waals surface area contributed by atoms with E-state index in [0.29, 0.717) is 28.4 Å². The number of alkyl halides is 3. The maximum Gasteiger partial charge on any atom is 0.417 e. The lowest BCUT2D eigenvalue weighted by atomic mass is 10.2. The number of sulfonamides is 1. The van der Waals surface area contributed by atoms with Gasteiger partial charge in [-0.1, -0.05) is 29.8 Å². The molecule has 0 saturated heterocycles. The molecular formula is C23H20ClF3N2O4S. The van der Waals surface area contributed by atoms with E-state index in [0.717, 1.165) is 12.1 Å². The van der Waals surface area contributed by atoms with Crippen LogP contribution >= 0.6 is 11.6 Å². The predicted octanol–water partition coefficient (Wildman–Crippen LogP) is 5.59. The second kappa shape index (κ2) is 10.4. The van der Waals surface area contributed by atoms with Crippen molar-refractivity contribution in [3.63, 3.8) is 0 Å².